The quantitative estimate of drug-likeness (QED) is 0.267. The number of carbonyl (C=O) groups excluding carboxylic acids is 1. The molecule has 14 heteroatoms. The summed E-state index contributed by atoms with van der Waals surface area (Å²) < 4.78 is 46.9. The average Bonchev–Trinajstić information content (AvgIpc) is 3.40. The molecule has 0 saturated heterocycles. The van der Waals surface area contributed by atoms with Crippen molar-refractivity contribution in [2.45, 2.75) is 83.6 Å². The van der Waals surface area contributed by atoms with Crippen molar-refractivity contribution >= 4 is 27.6 Å². The van der Waals surface area contributed by atoms with E-state index in [9.17, 15) is 28.2 Å². The number of hydrogen-bond acceptors (Lipinski definition) is 10. The molecule has 1 aromatic heterocycles. The highest BCUT2D eigenvalue weighted by molar-refractivity contribution is 7.92. The third-order valence-corrected chi connectivity index (χ3v) is 10.3. The molecule has 13 nitrogen and oxygen atoms in total. The fraction of sp³-hybridized carbons (Fsp3) is 0.514. The van der Waals surface area contributed by atoms with Crippen molar-refractivity contribution in [1.82, 2.24) is 15.0 Å². The zero-order valence-electron chi connectivity index (χ0n) is 29.0. The number of hydrogen-bond donors (Lipinski definition) is 3. The molecule has 0 unspecified atom stereocenters. The third-order valence-electron chi connectivity index (χ3n) is 8.69. The number of aliphatic hydroxyl groups excluding tert-OH is 1. The van der Waals surface area contributed by atoms with E-state index in [4.69, 9.17) is 14.0 Å². The molecular formula is C35H48N4O9S. The Kier molecular flexibility index (Phi) is 12.8. The van der Waals surface area contributed by atoms with Gasteiger partial charge in [-0.2, -0.15) is 0 Å². The Hall–Kier alpha value is -3.98. The van der Waals surface area contributed by atoms with Crippen molar-refractivity contribution in [2.75, 3.05) is 38.1 Å². The second-order valence-electron chi connectivity index (χ2n) is 13.0. The highest BCUT2D eigenvalue weighted by Gasteiger charge is 2.31. The summed E-state index contributed by atoms with van der Waals surface area (Å²) in [6, 6.07) is 10.8. The number of benzene rings is 2. The first-order valence-electron chi connectivity index (χ1n) is 16.5. The monoisotopic (exact) mass is 700 g/mol. The van der Waals surface area contributed by atoms with Gasteiger partial charge >= 0.3 is 5.97 Å². The van der Waals surface area contributed by atoms with Crippen molar-refractivity contribution in [2.24, 2.45) is 5.92 Å². The Labute approximate surface area is 288 Å². The molecule has 0 aliphatic carbocycles. The maximum absolute atomic E-state index is 14.4. The Balaban J connectivity index is 1.63. The maximum Gasteiger partial charge on any atom is 0.335 e. The number of aromatic nitrogens is 1. The Morgan fingerprint density at radius 2 is 1.86 bits per heavy atom. The average molecular weight is 701 g/mol. The molecule has 1 amide bonds. The summed E-state index contributed by atoms with van der Waals surface area (Å²) in [6.07, 6.45) is 1.84. The van der Waals surface area contributed by atoms with Crippen LogP contribution in [0.25, 0.3) is 0 Å². The molecule has 4 atom stereocenters. The van der Waals surface area contributed by atoms with E-state index in [2.05, 4.69) is 14.8 Å². The van der Waals surface area contributed by atoms with Gasteiger partial charge in [-0.15, -0.1) is 0 Å². The van der Waals surface area contributed by atoms with Gasteiger partial charge in [0.1, 0.15) is 11.4 Å². The van der Waals surface area contributed by atoms with E-state index in [1.54, 1.807) is 48.2 Å². The van der Waals surface area contributed by atoms with E-state index in [0.717, 1.165) is 18.4 Å². The van der Waals surface area contributed by atoms with Crippen molar-refractivity contribution in [3.63, 3.8) is 0 Å². The van der Waals surface area contributed by atoms with Crippen LogP contribution in [0.5, 0.6) is 5.75 Å². The largest absolute Gasteiger partial charge is 0.490 e. The number of sulfonamides is 1. The van der Waals surface area contributed by atoms with E-state index >= 15 is 0 Å². The number of anilines is 1. The normalized spacial score (nSPS) is 20.3. The Morgan fingerprint density at radius 1 is 1.14 bits per heavy atom. The minimum atomic E-state index is -4.09. The fourth-order valence-corrected chi connectivity index (χ4v) is 7.33. The lowest BCUT2D eigenvalue weighted by atomic mass is 10.0. The highest BCUT2D eigenvalue weighted by Crippen LogP contribution is 2.30. The van der Waals surface area contributed by atoms with Gasteiger partial charge in [0, 0.05) is 37.8 Å². The molecule has 0 bridgehead atoms. The number of likely N-dealkylation sites (N-methyl/N-ethyl adjacent to an activating group) is 1. The first-order chi connectivity index (χ1) is 23.2. The number of aryl methyl sites for hydroxylation is 2. The number of fused-ring (bicyclic) bond motifs is 1. The van der Waals surface area contributed by atoms with Crippen molar-refractivity contribution in [3.8, 4) is 5.75 Å². The number of carboxylic acid groups (broad SMARTS) is 1. The molecule has 1 aliphatic heterocycles. The van der Waals surface area contributed by atoms with Gasteiger partial charge in [0.15, 0.2) is 10.7 Å². The SMILES string of the molecule is Cc1noc(C)c1S(=O)(=O)Nc1ccc2c(c1)C(=O)N([C@@H](C)CO)C[C@@H](C)[C@H](CN(C)Cc1ccc(C(=O)O)cc1)OCCCC[C@H](C)O2. The third kappa shape index (κ3) is 9.81. The van der Waals surface area contributed by atoms with Crippen molar-refractivity contribution in [3.05, 3.63) is 70.6 Å². The van der Waals surface area contributed by atoms with Gasteiger partial charge in [0.2, 0.25) is 0 Å². The molecule has 0 saturated carbocycles. The minimum absolute atomic E-state index is 0.0681. The summed E-state index contributed by atoms with van der Waals surface area (Å²) in [7, 11) is -2.12. The first kappa shape index (κ1) is 37.8. The smallest absolute Gasteiger partial charge is 0.335 e. The van der Waals surface area contributed by atoms with E-state index in [1.807, 2.05) is 20.9 Å². The van der Waals surface area contributed by atoms with Crippen LogP contribution in [0.15, 0.2) is 51.9 Å². The van der Waals surface area contributed by atoms with Gasteiger partial charge in [0.05, 0.1) is 36.0 Å². The molecule has 2 heterocycles. The second-order valence-corrected chi connectivity index (χ2v) is 14.6. The summed E-state index contributed by atoms with van der Waals surface area (Å²) in [5.74, 6) is -1.10. The molecule has 4 rings (SSSR count). The zero-order valence-corrected chi connectivity index (χ0v) is 29.8. The van der Waals surface area contributed by atoms with Crippen LogP contribution in [0.4, 0.5) is 5.69 Å². The van der Waals surface area contributed by atoms with Crippen LogP contribution in [0.3, 0.4) is 0 Å². The Bertz CT molecular complexity index is 1670. The topological polar surface area (TPSA) is 172 Å². The minimum Gasteiger partial charge on any atom is -0.490 e. The molecule has 0 radical (unpaired) electrons. The zero-order chi connectivity index (χ0) is 35.9. The highest BCUT2D eigenvalue weighted by atomic mass is 32.2. The molecule has 1 aliphatic rings. The van der Waals surface area contributed by atoms with Gasteiger partial charge in [-0.05, 0) is 89.9 Å². The number of nitrogens with one attached hydrogen (secondary N) is 1. The number of aromatic carboxylic acids is 1. The number of nitrogens with zero attached hydrogens (tertiary/aromatic N) is 3. The van der Waals surface area contributed by atoms with Crippen LogP contribution in [-0.4, -0.2) is 97.1 Å². The van der Waals surface area contributed by atoms with E-state index < -0.39 is 27.9 Å². The molecule has 0 fully saturated rings. The van der Waals surface area contributed by atoms with Gasteiger partial charge in [-0.3, -0.25) is 14.4 Å². The van der Waals surface area contributed by atoms with E-state index in [1.165, 1.54) is 19.9 Å². The number of rotatable bonds is 10. The van der Waals surface area contributed by atoms with Crippen LogP contribution >= 0.6 is 0 Å². The van der Waals surface area contributed by atoms with Gasteiger partial charge in [0.25, 0.3) is 15.9 Å². The summed E-state index contributed by atoms with van der Waals surface area (Å²) in [6.45, 7) is 10.3. The van der Waals surface area contributed by atoms with Crippen LogP contribution < -0.4 is 9.46 Å². The summed E-state index contributed by atoms with van der Waals surface area (Å²) in [5, 5.41) is 23.2. The number of ether oxygens (including phenoxy) is 2. The first-order valence-corrected chi connectivity index (χ1v) is 18.0. The lowest BCUT2D eigenvalue weighted by molar-refractivity contribution is -0.0177. The number of amides is 1. The standard InChI is InChI=1S/C35H48N4O9S/c1-22-18-39(23(2)21-40)34(41)30-17-29(37-49(44,45)33-25(4)36-48-26(33)5)14-15-31(30)47-24(3)9-7-8-16-46-32(22)20-38(6)19-27-10-12-28(13-11-27)35(42)43/h10-15,17,22-24,32,37,40H,7-9,16,18-21H2,1-6H3,(H,42,43)/t22-,23+,24+,32+/m1/s1. The van der Waals surface area contributed by atoms with Gasteiger partial charge < -0.3 is 29.1 Å². The molecule has 3 N–H and O–H groups in total. The predicted octanol–water partition coefficient (Wildman–Crippen LogP) is 4.72. The number of carbonyl (C=O) groups is 2. The molecule has 49 heavy (non-hydrogen) atoms. The van der Waals surface area contributed by atoms with E-state index in [0.29, 0.717) is 31.9 Å². The number of carboxylic acids is 1. The molecule has 268 valence electrons. The lowest BCUT2D eigenvalue weighted by Crippen LogP contribution is -2.47. The Morgan fingerprint density at radius 3 is 2.49 bits per heavy atom. The summed E-state index contributed by atoms with van der Waals surface area (Å²) >= 11 is 0. The van der Waals surface area contributed by atoms with Gasteiger partial charge in [-0.1, -0.05) is 24.2 Å². The van der Waals surface area contributed by atoms with Crippen molar-refractivity contribution < 1.29 is 42.2 Å². The second kappa shape index (κ2) is 16.6. The van der Waals surface area contributed by atoms with Crippen LogP contribution in [0.2, 0.25) is 0 Å². The van der Waals surface area contributed by atoms with Crippen LogP contribution in [0, 0.1) is 19.8 Å². The van der Waals surface area contributed by atoms with E-state index in [-0.39, 0.29) is 64.4 Å². The molecule has 2 aromatic carbocycles. The molecule has 0 spiro atoms. The molecular weight excluding hydrogens is 652 g/mol. The molecule has 3 aromatic rings. The van der Waals surface area contributed by atoms with Crippen LogP contribution in [-0.2, 0) is 21.3 Å². The fourth-order valence-electron chi connectivity index (χ4n) is 5.95. The summed E-state index contributed by atoms with van der Waals surface area (Å²) in [4.78, 5) is 29.3. The van der Waals surface area contributed by atoms with Crippen LogP contribution in [0.1, 0.15) is 77.8 Å². The summed E-state index contributed by atoms with van der Waals surface area (Å²) in [5.41, 5.74) is 1.72. The lowest BCUT2D eigenvalue weighted by Gasteiger charge is -2.36. The number of aliphatic hydroxyl groups is 1. The maximum atomic E-state index is 14.4. The van der Waals surface area contributed by atoms with Crippen molar-refractivity contribution in [1.29, 1.82) is 0 Å². The predicted molar refractivity (Wildman–Crippen MR) is 183 cm³/mol. The van der Waals surface area contributed by atoms with Gasteiger partial charge in [-0.25, -0.2) is 13.2 Å².